The van der Waals surface area contributed by atoms with Gasteiger partial charge in [-0.05, 0) is 24.6 Å². The molecule has 0 saturated carbocycles. The van der Waals surface area contributed by atoms with Crippen LogP contribution in [0.2, 0.25) is 0 Å². The smallest absolute Gasteiger partial charge is 0.257 e. The number of methoxy groups -OCH3 is 2. The van der Waals surface area contributed by atoms with Crippen LogP contribution in [0, 0.1) is 6.92 Å². The SMILES string of the molecule is CC.COc1cc(C(=O)N2CCOCC2)c(OC)cc1C. The number of benzene rings is 1. The van der Waals surface area contributed by atoms with Crippen LogP contribution in [0.3, 0.4) is 0 Å². The summed E-state index contributed by atoms with van der Waals surface area (Å²) in [6.45, 7) is 8.30. The van der Waals surface area contributed by atoms with Crippen molar-refractivity contribution in [1.82, 2.24) is 4.90 Å². The molecule has 1 aromatic rings. The van der Waals surface area contributed by atoms with E-state index in [4.69, 9.17) is 14.2 Å². The molecule has 1 amide bonds. The number of carbonyl (C=O) groups is 1. The molecule has 0 bridgehead atoms. The molecule has 0 spiro atoms. The molecule has 1 fully saturated rings. The summed E-state index contributed by atoms with van der Waals surface area (Å²) in [6.07, 6.45) is 0. The number of amides is 1. The van der Waals surface area contributed by atoms with Crippen molar-refractivity contribution in [2.75, 3.05) is 40.5 Å². The third-order valence-corrected chi connectivity index (χ3v) is 3.25. The number of ether oxygens (including phenoxy) is 3. The first-order valence-electron chi connectivity index (χ1n) is 7.27. The minimum Gasteiger partial charge on any atom is -0.496 e. The predicted molar refractivity (Wildman–Crippen MR) is 82.4 cm³/mol. The highest BCUT2D eigenvalue weighted by molar-refractivity contribution is 5.97. The molecule has 0 N–H and O–H groups in total. The molecular formula is C16H25NO4. The maximum absolute atomic E-state index is 12.5. The fourth-order valence-corrected chi connectivity index (χ4v) is 2.15. The summed E-state index contributed by atoms with van der Waals surface area (Å²) >= 11 is 0. The summed E-state index contributed by atoms with van der Waals surface area (Å²) in [7, 11) is 3.16. The Morgan fingerprint density at radius 1 is 1.10 bits per heavy atom. The van der Waals surface area contributed by atoms with Crippen molar-refractivity contribution in [3.63, 3.8) is 0 Å². The van der Waals surface area contributed by atoms with E-state index in [9.17, 15) is 4.79 Å². The summed E-state index contributed by atoms with van der Waals surface area (Å²) in [5.41, 5.74) is 1.48. The molecule has 21 heavy (non-hydrogen) atoms. The van der Waals surface area contributed by atoms with Gasteiger partial charge in [-0.3, -0.25) is 4.79 Å². The first-order valence-corrected chi connectivity index (χ1v) is 7.27. The van der Waals surface area contributed by atoms with E-state index in [0.29, 0.717) is 43.4 Å². The number of nitrogens with zero attached hydrogens (tertiary/aromatic N) is 1. The van der Waals surface area contributed by atoms with E-state index in [1.165, 1.54) is 0 Å². The van der Waals surface area contributed by atoms with E-state index in [1.807, 2.05) is 26.8 Å². The Labute approximate surface area is 126 Å². The molecule has 1 aromatic carbocycles. The van der Waals surface area contributed by atoms with Crippen molar-refractivity contribution in [2.24, 2.45) is 0 Å². The predicted octanol–water partition coefficient (Wildman–Crippen LogP) is 2.51. The number of carbonyl (C=O) groups excluding carboxylic acids is 1. The molecule has 1 saturated heterocycles. The summed E-state index contributed by atoms with van der Waals surface area (Å²) in [5, 5.41) is 0. The van der Waals surface area contributed by atoms with Crippen molar-refractivity contribution in [2.45, 2.75) is 20.8 Å². The quantitative estimate of drug-likeness (QED) is 0.859. The second kappa shape index (κ2) is 8.52. The molecule has 0 radical (unpaired) electrons. The molecule has 2 rings (SSSR count). The molecule has 0 unspecified atom stereocenters. The number of aryl methyl sites for hydroxylation is 1. The van der Waals surface area contributed by atoms with E-state index >= 15 is 0 Å². The fraction of sp³-hybridized carbons (Fsp3) is 0.562. The van der Waals surface area contributed by atoms with Crippen LogP contribution in [0.4, 0.5) is 0 Å². The van der Waals surface area contributed by atoms with Gasteiger partial charge in [0.1, 0.15) is 11.5 Å². The minimum atomic E-state index is -0.0431. The molecule has 0 atom stereocenters. The monoisotopic (exact) mass is 295 g/mol. The van der Waals surface area contributed by atoms with Crippen LogP contribution in [-0.4, -0.2) is 51.3 Å². The van der Waals surface area contributed by atoms with Gasteiger partial charge in [-0.2, -0.15) is 0 Å². The number of hydrogen-bond donors (Lipinski definition) is 0. The van der Waals surface area contributed by atoms with Gasteiger partial charge in [0.25, 0.3) is 5.91 Å². The molecule has 118 valence electrons. The Bertz CT molecular complexity index is 468. The van der Waals surface area contributed by atoms with Gasteiger partial charge in [0.05, 0.1) is 33.0 Å². The molecule has 0 aliphatic carbocycles. The highest BCUT2D eigenvalue weighted by Gasteiger charge is 2.23. The van der Waals surface area contributed by atoms with Gasteiger partial charge in [-0.15, -0.1) is 0 Å². The molecule has 1 heterocycles. The largest absolute Gasteiger partial charge is 0.496 e. The molecule has 5 nitrogen and oxygen atoms in total. The maximum Gasteiger partial charge on any atom is 0.257 e. The van der Waals surface area contributed by atoms with Crippen molar-refractivity contribution >= 4 is 5.91 Å². The molecule has 0 aromatic heterocycles. The Balaban J connectivity index is 0.00000106. The Morgan fingerprint density at radius 3 is 2.19 bits per heavy atom. The Kier molecular flexibility index (Phi) is 7.02. The van der Waals surface area contributed by atoms with Gasteiger partial charge < -0.3 is 19.1 Å². The zero-order valence-corrected chi connectivity index (χ0v) is 13.6. The van der Waals surface area contributed by atoms with E-state index in [0.717, 1.165) is 5.56 Å². The summed E-state index contributed by atoms with van der Waals surface area (Å²) in [5.74, 6) is 1.23. The van der Waals surface area contributed by atoms with E-state index in [1.54, 1.807) is 25.2 Å². The molecule has 1 aliphatic rings. The summed E-state index contributed by atoms with van der Waals surface area (Å²) < 4.78 is 15.8. The minimum absolute atomic E-state index is 0.0431. The lowest BCUT2D eigenvalue weighted by atomic mass is 10.1. The fourth-order valence-electron chi connectivity index (χ4n) is 2.15. The standard InChI is InChI=1S/C14H19NO4.C2H6/c1-10-8-13(18-3)11(9-12(10)17-2)14(16)15-4-6-19-7-5-15;1-2/h8-9H,4-7H2,1-3H3;1-2H3. The van der Waals surface area contributed by atoms with Gasteiger partial charge in [0, 0.05) is 13.1 Å². The Hall–Kier alpha value is -1.75. The average molecular weight is 295 g/mol. The van der Waals surface area contributed by atoms with Crippen molar-refractivity contribution in [1.29, 1.82) is 0 Å². The second-order valence-corrected chi connectivity index (χ2v) is 4.43. The van der Waals surface area contributed by atoms with Crippen molar-refractivity contribution in [3.05, 3.63) is 23.3 Å². The number of rotatable bonds is 3. The number of morpholine rings is 1. The lowest BCUT2D eigenvalue weighted by Crippen LogP contribution is -2.40. The van der Waals surface area contributed by atoms with Crippen molar-refractivity contribution < 1.29 is 19.0 Å². The lowest BCUT2D eigenvalue weighted by molar-refractivity contribution is 0.0300. The van der Waals surface area contributed by atoms with Gasteiger partial charge >= 0.3 is 0 Å². The van der Waals surface area contributed by atoms with Crippen LogP contribution in [0.15, 0.2) is 12.1 Å². The van der Waals surface area contributed by atoms with E-state index in [2.05, 4.69) is 0 Å². The summed E-state index contributed by atoms with van der Waals surface area (Å²) in [4.78, 5) is 14.3. The zero-order chi connectivity index (χ0) is 15.8. The first-order chi connectivity index (χ1) is 10.2. The topological polar surface area (TPSA) is 48.0 Å². The summed E-state index contributed by atoms with van der Waals surface area (Å²) in [6, 6.07) is 3.57. The highest BCUT2D eigenvalue weighted by atomic mass is 16.5. The average Bonchev–Trinajstić information content (AvgIpc) is 2.56. The van der Waals surface area contributed by atoms with E-state index < -0.39 is 0 Å². The maximum atomic E-state index is 12.5. The second-order valence-electron chi connectivity index (χ2n) is 4.43. The first kappa shape index (κ1) is 17.3. The van der Waals surface area contributed by atoms with Crippen LogP contribution in [0.5, 0.6) is 11.5 Å². The van der Waals surface area contributed by atoms with E-state index in [-0.39, 0.29) is 5.91 Å². The normalized spacial score (nSPS) is 14.0. The molecule has 1 aliphatic heterocycles. The number of hydrogen-bond acceptors (Lipinski definition) is 4. The van der Waals surface area contributed by atoms with Crippen LogP contribution in [0.1, 0.15) is 29.8 Å². The zero-order valence-electron chi connectivity index (χ0n) is 13.6. The van der Waals surface area contributed by atoms with Crippen molar-refractivity contribution in [3.8, 4) is 11.5 Å². The van der Waals surface area contributed by atoms with Crippen LogP contribution < -0.4 is 9.47 Å². The van der Waals surface area contributed by atoms with Crippen LogP contribution >= 0.6 is 0 Å². The van der Waals surface area contributed by atoms with Crippen LogP contribution in [-0.2, 0) is 4.74 Å². The highest BCUT2D eigenvalue weighted by Crippen LogP contribution is 2.29. The van der Waals surface area contributed by atoms with Crippen LogP contribution in [0.25, 0.3) is 0 Å². The van der Waals surface area contributed by atoms with Gasteiger partial charge in [-0.1, -0.05) is 13.8 Å². The Morgan fingerprint density at radius 2 is 1.67 bits per heavy atom. The van der Waals surface area contributed by atoms with Gasteiger partial charge in [-0.25, -0.2) is 0 Å². The third-order valence-electron chi connectivity index (χ3n) is 3.25. The molecule has 5 heteroatoms. The van der Waals surface area contributed by atoms with Gasteiger partial charge in [0.2, 0.25) is 0 Å². The lowest BCUT2D eigenvalue weighted by Gasteiger charge is -2.27. The van der Waals surface area contributed by atoms with Gasteiger partial charge in [0.15, 0.2) is 0 Å². The third kappa shape index (κ3) is 4.11. The molecular weight excluding hydrogens is 270 g/mol.